The Morgan fingerprint density at radius 1 is 1.14 bits per heavy atom. The summed E-state index contributed by atoms with van der Waals surface area (Å²) in [5.74, 6) is 0.525. The number of cyclic esters (lactones) is 1. The molecule has 3 fully saturated rings. The first-order valence-electron chi connectivity index (χ1n) is 10.4. The van der Waals surface area contributed by atoms with E-state index in [-0.39, 0.29) is 17.7 Å². The zero-order valence-corrected chi connectivity index (χ0v) is 18.2. The Bertz CT molecular complexity index is 892. The Hall–Kier alpha value is -1.85. The minimum atomic E-state index is -0.617. The second-order valence-corrected chi connectivity index (χ2v) is 9.84. The number of halogens is 1. The number of carbonyl (C=O) groups is 1. The van der Waals surface area contributed by atoms with Crippen LogP contribution in [0.1, 0.15) is 49.8 Å². The number of rotatable bonds is 6. The first-order chi connectivity index (χ1) is 14.0. The van der Waals surface area contributed by atoms with Gasteiger partial charge in [0.25, 0.3) is 0 Å². The molecule has 2 heterocycles. The van der Waals surface area contributed by atoms with Gasteiger partial charge < -0.3 is 14.4 Å². The lowest BCUT2D eigenvalue weighted by molar-refractivity contribution is -0.0780. The van der Waals surface area contributed by atoms with Gasteiger partial charge in [-0.05, 0) is 48.9 Å². The number of carbonyl (C=O) groups excluding carboxylic acids is 1. The van der Waals surface area contributed by atoms with Crippen LogP contribution in [-0.4, -0.2) is 29.7 Å². The molecule has 1 aliphatic carbocycles. The molecule has 4 nitrogen and oxygen atoms in total. The maximum atomic E-state index is 13.4. The zero-order valence-electron chi connectivity index (χ0n) is 16.6. The fourth-order valence-corrected chi connectivity index (χ4v) is 4.97. The van der Waals surface area contributed by atoms with Crippen molar-refractivity contribution in [3.63, 3.8) is 0 Å². The summed E-state index contributed by atoms with van der Waals surface area (Å²) in [7, 11) is 0. The van der Waals surface area contributed by atoms with Crippen LogP contribution in [0.15, 0.2) is 59.1 Å². The molecule has 2 aromatic rings. The third kappa shape index (κ3) is 3.82. The standard InChI is InChI=1S/C24H26BrNO3/c1-23(16-28-23)15-24(19-5-3-2-4-6-19)13-14-26(22(27)29-24)21(17-7-8-17)18-9-11-20(25)12-10-18/h2-6,9-12,17,21H,7-8,13-16H2,1H3/t21?,23-,24-/m0/s1. The van der Waals surface area contributed by atoms with E-state index in [4.69, 9.17) is 9.47 Å². The average molecular weight is 456 g/mol. The Morgan fingerprint density at radius 3 is 2.41 bits per heavy atom. The molecule has 1 saturated carbocycles. The van der Waals surface area contributed by atoms with Crippen molar-refractivity contribution >= 4 is 22.0 Å². The summed E-state index contributed by atoms with van der Waals surface area (Å²) >= 11 is 3.51. The fourth-order valence-electron chi connectivity index (χ4n) is 4.70. The molecule has 0 radical (unpaired) electrons. The second kappa shape index (κ2) is 7.13. The zero-order chi connectivity index (χ0) is 20.1. The molecule has 0 bridgehead atoms. The maximum Gasteiger partial charge on any atom is 0.411 e. The highest BCUT2D eigenvalue weighted by molar-refractivity contribution is 9.10. The molecule has 2 aliphatic heterocycles. The molecule has 3 aliphatic rings. The van der Waals surface area contributed by atoms with Gasteiger partial charge in [-0.25, -0.2) is 4.79 Å². The van der Waals surface area contributed by atoms with Crippen LogP contribution in [0.2, 0.25) is 0 Å². The number of hydrogen-bond donors (Lipinski definition) is 0. The molecular weight excluding hydrogens is 430 g/mol. The quantitative estimate of drug-likeness (QED) is 0.515. The van der Waals surface area contributed by atoms with Crippen LogP contribution in [0.4, 0.5) is 4.79 Å². The van der Waals surface area contributed by atoms with Crippen molar-refractivity contribution in [1.29, 1.82) is 0 Å². The number of epoxide rings is 1. The number of amides is 1. The van der Waals surface area contributed by atoms with E-state index in [1.165, 1.54) is 18.4 Å². The number of benzene rings is 2. The molecule has 2 saturated heterocycles. The highest BCUT2D eigenvalue weighted by atomic mass is 79.9. The van der Waals surface area contributed by atoms with E-state index >= 15 is 0 Å². The van der Waals surface area contributed by atoms with Crippen molar-refractivity contribution in [3.05, 3.63) is 70.2 Å². The second-order valence-electron chi connectivity index (χ2n) is 8.92. The molecule has 29 heavy (non-hydrogen) atoms. The number of ether oxygens (including phenoxy) is 2. The van der Waals surface area contributed by atoms with E-state index in [1.54, 1.807) is 0 Å². The van der Waals surface area contributed by atoms with Gasteiger partial charge >= 0.3 is 6.09 Å². The van der Waals surface area contributed by atoms with Crippen LogP contribution < -0.4 is 0 Å². The van der Waals surface area contributed by atoms with Crippen molar-refractivity contribution in [1.82, 2.24) is 4.90 Å². The third-order valence-electron chi connectivity index (χ3n) is 6.49. The van der Waals surface area contributed by atoms with Crippen molar-refractivity contribution in [3.8, 4) is 0 Å². The molecule has 0 spiro atoms. The first kappa shape index (κ1) is 19.1. The summed E-state index contributed by atoms with van der Waals surface area (Å²) in [6.07, 6.45) is 3.61. The fraction of sp³-hybridized carbons (Fsp3) is 0.458. The molecule has 3 atom stereocenters. The molecule has 152 valence electrons. The number of nitrogens with zero attached hydrogens (tertiary/aromatic N) is 1. The van der Waals surface area contributed by atoms with E-state index in [0.717, 1.165) is 23.1 Å². The maximum absolute atomic E-state index is 13.4. The molecule has 5 heteroatoms. The predicted octanol–water partition coefficient (Wildman–Crippen LogP) is 5.82. The van der Waals surface area contributed by atoms with Gasteiger partial charge in [-0.1, -0.05) is 58.4 Å². The molecule has 2 aromatic carbocycles. The molecular formula is C24H26BrNO3. The van der Waals surface area contributed by atoms with Crippen molar-refractivity contribution < 1.29 is 14.3 Å². The third-order valence-corrected chi connectivity index (χ3v) is 7.01. The van der Waals surface area contributed by atoms with Crippen LogP contribution in [0.25, 0.3) is 0 Å². The minimum absolute atomic E-state index is 0.0946. The minimum Gasteiger partial charge on any atom is -0.438 e. The average Bonchev–Trinajstić information content (AvgIpc) is 3.65. The largest absolute Gasteiger partial charge is 0.438 e. The van der Waals surface area contributed by atoms with Gasteiger partial charge in [0.1, 0.15) is 5.60 Å². The van der Waals surface area contributed by atoms with Crippen LogP contribution in [0.5, 0.6) is 0 Å². The molecule has 0 N–H and O–H groups in total. The Labute approximate surface area is 180 Å². The Kier molecular flexibility index (Phi) is 4.71. The van der Waals surface area contributed by atoms with E-state index in [2.05, 4.69) is 59.3 Å². The lowest BCUT2D eigenvalue weighted by atomic mass is 9.81. The monoisotopic (exact) mass is 455 g/mol. The Morgan fingerprint density at radius 2 is 1.83 bits per heavy atom. The summed E-state index contributed by atoms with van der Waals surface area (Å²) < 4.78 is 13.0. The summed E-state index contributed by atoms with van der Waals surface area (Å²) in [4.78, 5) is 15.3. The lowest BCUT2D eigenvalue weighted by Gasteiger charge is -2.45. The molecule has 1 amide bonds. The van der Waals surface area contributed by atoms with Crippen molar-refractivity contribution in [2.24, 2.45) is 5.92 Å². The predicted molar refractivity (Wildman–Crippen MR) is 115 cm³/mol. The van der Waals surface area contributed by atoms with Gasteiger partial charge in [0, 0.05) is 23.9 Å². The van der Waals surface area contributed by atoms with Gasteiger partial charge in [0.15, 0.2) is 0 Å². The van der Waals surface area contributed by atoms with Crippen molar-refractivity contribution in [2.45, 2.75) is 49.9 Å². The highest BCUT2D eigenvalue weighted by Gasteiger charge is 2.53. The van der Waals surface area contributed by atoms with Gasteiger partial charge in [0.05, 0.1) is 18.2 Å². The van der Waals surface area contributed by atoms with E-state index in [1.807, 2.05) is 23.1 Å². The van der Waals surface area contributed by atoms with Gasteiger partial charge in [0.2, 0.25) is 0 Å². The number of hydrogen-bond acceptors (Lipinski definition) is 3. The SMILES string of the molecule is C[C@]1(C[C@]2(c3ccccc3)CCN(C(c3ccc(Br)cc3)C3CC3)C(=O)O2)CO1. The normalized spacial score (nSPS) is 30.0. The molecule has 1 unspecified atom stereocenters. The summed E-state index contributed by atoms with van der Waals surface area (Å²) in [5, 5.41) is 0. The smallest absolute Gasteiger partial charge is 0.411 e. The summed E-state index contributed by atoms with van der Waals surface area (Å²) in [6.45, 7) is 3.53. The first-order valence-corrected chi connectivity index (χ1v) is 11.2. The molecule has 5 rings (SSSR count). The van der Waals surface area contributed by atoms with Crippen LogP contribution in [0, 0.1) is 5.92 Å². The van der Waals surface area contributed by atoms with Gasteiger partial charge in [-0.15, -0.1) is 0 Å². The van der Waals surface area contributed by atoms with E-state index in [0.29, 0.717) is 18.9 Å². The van der Waals surface area contributed by atoms with Crippen molar-refractivity contribution in [2.75, 3.05) is 13.2 Å². The molecule has 0 aromatic heterocycles. The van der Waals surface area contributed by atoms with E-state index in [9.17, 15) is 4.79 Å². The van der Waals surface area contributed by atoms with Gasteiger partial charge in [-0.2, -0.15) is 0 Å². The summed E-state index contributed by atoms with van der Waals surface area (Å²) in [5.41, 5.74) is 1.45. The van der Waals surface area contributed by atoms with Crippen LogP contribution >= 0.6 is 15.9 Å². The van der Waals surface area contributed by atoms with E-state index < -0.39 is 5.60 Å². The topological polar surface area (TPSA) is 42.1 Å². The van der Waals surface area contributed by atoms with Crippen LogP contribution in [-0.2, 0) is 15.1 Å². The van der Waals surface area contributed by atoms with Crippen LogP contribution in [0.3, 0.4) is 0 Å². The lowest BCUT2D eigenvalue weighted by Crippen LogP contribution is -2.51. The highest BCUT2D eigenvalue weighted by Crippen LogP contribution is 2.50. The summed E-state index contributed by atoms with van der Waals surface area (Å²) in [6, 6.07) is 18.6. The Balaban J connectivity index is 1.43. The van der Waals surface area contributed by atoms with Gasteiger partial charge in [-0.3, -0.25) is 0 Å².